The number of nitrogens with zero attached hydrogens (tertiary/aromatic N) is 4. The predicted molar refractivity (Wildman–Crippen MR) is 72.5 cm³/mol. The van der Waals surface area contributed by atoms with E-state index in [4.69, 9.17) is 5.11 Å². The third-order valence-corrected chi connectivity index (χ3v) is 3.57. The first-order valence-electron chi connectivity index (χ1n) is 5.77. The van der Waals surface area contributed by atoms with Gasteiger partial charge in [-0.25, -0.2) is 4.68 Å². The highest BCUT2D eigenvalue weighted by molar-refractivity contribution is 9.10. The van der Waals surface area contributed by atoms with E-state index in [9.17, 15) is 4.79 Å². The van der Waals surface area contributed by atoms with Gasteiger partial charge in [-0.05, 0) is 36.4 Å². The number of carboxylic acid groups (broad SMARTS) is 1. The number of halogens is 1. The normalized spacial score (nSPS) is 14.1. The van der Waals surface area contributed by atoms with Crippen LogP contribution in [0.2, 0.25) is 0 Å². The van der Waals surface area contributed by atoms with E-state index in [-0.39, 0.29) is 6.04 Å². The summed E-state index contributed by atoms with van der Waals surface area (Å²) < 4.78 is 2.46. The molecular formula is C12H13BrN4O2. The van der Waals surface area contributed by atoms with E-state index < -0.39 is 11.9 Å². The standard InChI is InChI=1S/C12H13BrN4O2/c1-7(12(18)19)8(2)17-11(14-15-16-17)9-4-3-5-10(13)6-9/h3-8H,1-2H3,(H,18,19). The van der Waals surface area contributed by atoms with Crippen LogP contribution >= 0.6 is 15.9 Å². The molecule has 2 atom stereocenters. The molecule has 6 nitrogen and oxygen atoms in total. The molecule has 0 aliphatic heterocycles. The fraction of sp³-hybridized carbons (Fsp3) is 0.333. The Morgan fingerprint density at radius 1 is 1.42 bits per heavy atom. The summed E-state index contributed by atoms with van der Waals surface area (Å²) in [4.78, 5) is 11.0. The number of aromatic nitrogens is 4. The Morgan fingerprint density at radius 2 is 2.16 bits per heavy atom. The van der Waals surface area contributed by atoms with Gasteiger partial charge in [0.2, 0.25) is 0 Å². The lowest BCUT2D eigenvalue weighted by Crippen LogP contribution is -2.23. The number of aliphatic carboxylic acids is 1. The summed E-state index contributed by atoms with van der Waals surface area (Å²) >= 11 is 3.39. The molecule has 1 heterocycles. The largest absolute Gasteiger partial charge is 0.481 e. The smallest absolute Gasteiger partial charge is 0.308 e. The average molecular weight is 325 g/mol. The van der Waals surface area contributed by atoms with Crippen molar-refractivity contribution >= 4 is 21.9 Å². The Kier molecular flexibility index (Phi) is 3.94. The van der Waals surface area contributed by atoms with Gasteiger partial charge in [0.25, 0.3) is 0 Å². The van der Waals surface area contributed by atoms with Crippen LogP contribution in [0.3, 0.4) is 0 Å². The van der Waals surface area contributed by atoms with Crippen molar-refractivity contribution in [1.82, 2.24) is 20.2 Å². The number of rotatable bonds is 4. The van der Waals surface area contributed by atoms with Gasteiger partial charge in [-0.2, -0.15) is 0 Å². The van der Waals surface area contributed by atoms with E-state index in [1.54, 1.807) is 18.5 Å². The van der Waals surface area contributed by atoms with E-state index in [0.29, 0.717) is 5.82 Å². The molecule has 0 saturated carbocycles. The highest BCUT2D eigenvalue weighted by Crippen LogP contribution is 2.25. The molecule has 100 valence electrons. The molecule has 0 bridgehead atoms. The van der Waals surface area contributed by atoms with Gasteiger partial charge in [0, 0.05) is 10.0 Å². The molecular weight excluding hydrogens is 312 g/mol. The van der Waals surface area contributed by atoms with Crippen molar-refractivity contribution in [1.29, 1.82) is 0 Å². The molecule has 1 N–H and O–H groups in total. The maximum atomic E-state index is 11.0. The number of benzene rings is 1. The summed E-state index contributed by atoms with van der Waals surface area (Å²) in [6.45, 7) is 3.43. The Balaban J connectivity index is 2.40. The summed E-state index contributed by atoms with van der Waals surface area (Å²) in [6.07, 6.45) is 0. The molecule has 19 heavy (non-hydrogen) atoms. The van der Waals surface area contributed by atoms with Crippen molar-refractivity contribution in [2.24, 2.45) is 5.92 Å². The van der Waals surface area contributed by atoms with Gasteiger partial charge in [-0.3, -0.25) is 4.79 Å². The molecule has 0 saturated heterocycles. The molecule has 1 aromatic heterocycles. The maximum absolute atomic E-state index is 11.0. The Morgan fingerprint density at radius 3 is 2.79 bits per heavy atom. The van der Waals surface area contributed by atoms with E-state index in [0.717, 1.165) is 10.0 Å². The van der Waals surface area contributed by atoms with Gasteiger partial charge in [0.05, 0.1) is 12.0 Å². The van der Waals surface area contributed by atoms with Crippen LogP contribution in [0.1, 0.15) is 19.9 Å². The van der Waals surface area contributed by atoms with Gasteiger partial charge in [-0.15, -0.1) is 5.10 Å². The summed E-state index contributed by atoms with van der Waals surface area (Å²) in [5.74, 6) is -0.889. The Hall–Kier alpha value is -1.76. The SMILES string of the molecule is CC(C(=O)O)C(C)n1nnnc1-c1cccc(Br)c1. The minimum atomic E-state index is -0.872. The molecule has 0 aliphatic rings. The molecule has 0 spiro atoms. The fourth-order valence-electron chi connectivity index (χ4n) is 1.70. The van der Waals surface area contributed by atoms with Crippen LogP contribution < -0.4 is 0 Å². The summed E-state index contributed by atoms with van der Waals surface area (Å²) in [5, 5.41) is 20.6. The molecule has 1 aromatic carbocycles. The first kappa shape index (κ1) is 13.7. The second-order valence-electron chi connectivity index (χ2n) is 4.32. The molecule has 0 aliphatic carbocycles. The lowest BCUT2D eigenvalue weighted by atomic mass is 10.0. The molecule has 0 amide bonds. The highest BCUT2D eigenvalue weighted by Gasteiger charge is 2.24. The molecule has 0 radical (unpaired) electrons. The van der Waals surface area contributed by atoms with Gasteiger partial charge in [0.1, 0.15) is 0 Å². The number of carbonyl (C=O) groups is 1. The zero-order valence-electron chi connectivity index (χ0n) is 10.5. The monoisotopic (exact) mass is 324 g/mol. The lowest BCUT2D eigenvalue weighted by molar-refractivity contribution is -0.142. The molecule has 7 heteroatoms. The second kappa shape index (κ2) is 5.48. The van der Waals surface area contributed by atoms with Crippen LogP contribution in [-0.2, 0) is 4.79 Å². The fourth-order valence-corrected chi connectivity index (χ4v) is 2.10. The van der Waals surface area contributed by atoms with Crippen LogP contribution in [0.25, 0.3) is 11.4 Å². The summed E-state index contributed by atoms with van der Waals surface area (Å²) in [7, 11) is 0. The van der Waals surface area contributed by atoms with E-state index >= 15 is 0 Å². The van der Waals surface area contributed by atoms with E-state index in [1.807, 2.05) is 24.3 Å². The average Bonchev–Trinajstić information content (AvgIpc) is 2.86. The zero-order chi connectivity index (χ0) is 14.0. The molecule has 2 unspecified atom stereocenters. The third kappa shape index (κ3) is 2.81. The van der Waals surface area contributed by atoms with Gasteiger partial charge in [-0.1, -0.05) is 28.1 Å². The Bertz CT molecular complexity index is 599. The number of tetrazole rings is 1. The summed E-state index contributed by atoms with van der Waals surface area (Å²) in [6, 6.07) is 7.22. The Labute approximate surface area is 118 Å². The van der Waals surface area contributed by atoms with Crippen LogP contribution in [0.4, 0.5) is 0 Å². The summed E-state index contributed by atoms with van der Waals surface area (Å²) in [5.41, 5.74) is 0.837. The first-order chi connectivity index (χ1) is 9.00. The minimum Gasteiger partial charge on any atom is -0.481 e. The minimum absolute atomic E-state index is 0.332. The van der Waals surface area contributed by atoms with Crippen LogP contribution in [0.15, 0.2) is 28.7 Å². The first-order valence-corrected chi connectivity index (χ1v) is 6.56. The quantitative estimate of drug-likeness (QED) is 0.933. The van der Waals surface area contributed by atoms with Crippen molar-refractivity contribution in [3.8, 4) is 11.4 Å². The van der Waals surface area contributed by atoms with Crippen LogP contribution in [0, 0.1) is 5.92 Å². The predicted octanol–water partition coefficient (Wildman–Crippen LogP) is 2.38. The number of hydrogen-bond acceptors (Lipinski definition) is 4. The van der Waals surface area contributed by atoms with Crippen molar-refractivity contribution in [2.45, 2.75) is 19.9 Å². The zero-order valence-corrected chi connectivity index (χ0v) is 12.1. The van der Waals surface area contributed by atoms with E-state index in [2.05, 4.69) is 31.5 Å². The number of carboxylic acids is 1. The molecule has 0 fully saturated rings. The van der Waals surface area contributed by atoms with E-state index in [1.165, 1.54) is 0 Å². The van der Waals surface area contributed by atoms with Gasteiger partial charge >= 0.3 is 5.97 Å². The van der Waals surface area contributed by atoms with Crippen molar-refractivity contribution in [3.63, 3.8) is 0 Å². The third-order valence-electron chi connectivity index (χ3n) is 3.07. The lowest BCUT2D eigenvalue weighted by Gasteiger charge is -2.17. The van der Waals surface area contributed by atoms with Crippen LogP contribution in [0.5, 0.6) is 0 Å². The maximum Gasteiger partial charge on any atom is 0.308 e. The molecule has 2 aromatic rings. The number of hydrogen-bond donors (Lipinski definition) is 1. The van der Waals surface area contributed by atoms with Gasteiger partial charge in [0.15, 0.2) is 5.82 Å². The van der Waals surface area contributed by atoms with Crippen molar-refractivity contribution in [3.05, 3.63) is 28.7 Å². The second-order valence-corrected chi connectivity index (χ2v) is 5.24. The van der Waals surface area contributed by atoms with Gasteiger partial charge < -0.3 is 5.11 Å². The highest BCUT2D eigenvalue weighted by atomic mass is 79.9. The van der Waals surface area contributed by atoms with Crippen LogP contribution in [-0.4, -0.2) is 31.3 Å². The van der Waals surface area contributed by atoms with Crippen molar-refractivity contribution < 1.29 is 9.90 Å². The molecule has 2 rings (SSSR count). The topological polar surface area (TPSA) is 80.9 Å². The van der Waals surface area contributed by atoms with Crippen molar-refractivity contribution in [2.75, 3.05) is 0 Å².